The topological polar surface area (TPSA) is 38.8 Å². The van der Waals surface area contributed by atoms with Gasteiger partial charge < -0.3 is 14.4 Å². The fourth-order valence-electron chi connectivity index (χ4n) is 2.66. The van der Waals surface area contributed by atoms with Gasteiger partial charge in [0, 0.05) is 11.0 Å². The Kier molecular flexibility index (Phi) is 4.98. The highest BCUT2D eigenvalue weighted by Crippen LogP contribution is 2.26. The molecule has 0 bridgehead atoms. The molecule has 23 heavy (non-hydrogen) atoms. The van der Waals surface area contributed by atoms with Gasteiger partial charge in [-0.05, 0) is 45.8 Å². The summed E-state index contributed by atoms with van der Waals surface area (Å²) in [5.41, 5.74) is 1.73. The number of benzene rings is 2. The van der Waals surface area contributed by atoms with Gasteiger partial charge in [-0.2, -0.15) is 0 Å². The zero-order valence-corrected chi connectivity index (χ0v) is 14.5. The molecule has 2 aromatic carbocycles. The minimum absolute atomic E-state index is 0.0271. The van der Waals surface area contributed by atoms with Crippen LogP contribution in [0, 0.1) is 0 Å². The molecule has 2 aromatic rings. The number of carbonyl (C=O) groups excluding carboxylic acids is 1. The maximum Gasteiger partial charge on any atom is 0.255 e. The number of rotatable bonds is 3. The summed E-state index contributed by atoms with van der Waals surface area (Å²) in [5.74, 6) is 0.838. The van der Waals surface area contributed by atoms with Crippen LogP contribution in [-0.2, 0) is 4.74 Å². The highest BCUT2D eigenvalue weighted by molar-refractivity contribution is 9.10. The van der Waals surface area contributed by atoms with Crippen molar-refractivity contribution in [2.45, 2.75) is 6.10 Å². The minimum atomic E-state index is -0.110. The molecule has 0 radical (unpaired) electrons. The highest BCUT2D eigenvalue weighted by atomic mass is 79.9. The summed E-state index contributed by atoms with van der Waals surface area (Å²) in [5, 5.41) is 0. The van der Waals surface area contributed by atoms with Crippen molar-refractivity contribution >= 4 is 21.8 Å². The number of morpholine rings is 1. The largest absolute Gasteiger partial charge is 0.497 e. The number of ether oxygens (including phenoxy) is 2. The van der Waals surface area contributed by atoms with Gasteiger partial charge >= 0.3 is 0 Å². The van der Waals surface area contributed by atoms with E-state index in [1.165, 1.54) is 0 Å². The molecule has 1 aliphatic rings. The van der Waals surface area contributed by atoms with E-state index in [1.54, 1.807) is 7.11 Å². The van der Waals surface area contributed by atoms with Crippen molar-refractivity contribution in [3.63, 3.8) is 0 Å². The standard InChI is InChI=1S/C18H18BrNO3/c1-22-14-8-6-13(7-9-14)17-12-20(10-11-23-17)18(21)15-4-2-3-5-16(15)19/h2-9,17H,10-12H2,1H3. The Morgan fingerprint density at radius 1 is 1.22 bits per heavy atom. The van der Waals surface area contributed by atoms with Gasteiger partial charge in [-0.3, -0.25) is 4.79 Å². The number of amides is 1. The first kappa shape index (κ1) is 16.0. The molecular weight excluding hydrogens is 358 g/mol. The lowest BCUT2D eigenvalue weighted by Gasteiger charge is -2.33. The SMILES string of the molecule is COc1ccc(C2CN(C(=O)c3ccccc3Br)CCO2)cc1. The van der Waals surface area contributed by atoms with Crippen molar-refractivity contribution in [2.24, 2.45) is 0 Å². The van der Waals surface area contributed by atoms with Gasteiger partial charge in [0.25, 0.3) is 5.91 Å². The van der Waals surface area contributed by atoms with Gasteiger partial charge in [0.1, 0.15) is 11.9 Å². The highest BCUT2D eigenvalue weighted by Gasteiger charge is 2.26. The monoisotopic (exact) mass is 375 g/mol. The predicted octanol–water partition coefficient (Wildman–Crippen LogP) is 3.67. The summed E-state index contributed by atoms with van der Waals surface area (Å²) in [6, 6.07) is 15.3. The minimum Gasteiger partial charge on any atom is -0.497 e. The summed E-state index contributed by atoms with van der Waals surface area (Å²) in [7, 11) is 1.64. The molecule has 120 valence electrons. The molecule has 0 aromatic heterocycles. The predicted molar refractivity (Wildman–Crippen MR) is 91.7 cm³/mol. The van der Waals surface area contributed by atoms with Crippen LogP contribution in [0.25, 0.3) is 0 Å². The van der Waals surface area contributed by atoms with E-state index in [-0.39, 0.29) is 12.0 Å². The second kappa shape index (κ2) is 7.15. The van der Waals surface area contributed by atoms with Gasteiger partial charge in [-0.1, -0.05) is 24.3 Å². The van der Waals surface area contributed by atoms with Crippen LogP contribution in [0.3, 0.4) is 0 Å². The number of methoxy groups -OCH3 is 1. The second-order valence-corrected chi connectivity index (χ2v) is 6.22. The molecule has 0 spiro atoms. The molecule has 0 saturated carbocycles. The van der Waals surface area contributed by atoms with Crippen molar-refractivity contribution in [3.8, 4) is 5.75 Å². The Bertz CT molecular complexity index is 687. The molecule has 1 unspecified atom stereocenters. The van der Waals surface area contributed by atoms with Crippen molar-refractivity contribution in [1.29, 1.82) is 0 Å². The summed E-state index contributed by atoms with van der Waals surface area (Å²) < 4.78 is 11.8. The molecule has 1 fully saturated rings. The zero-order chi connectivity index (χ0) is 16.2. The molecule has 1 aliphatic heterocycles. The molecule has 4 nitrogen and oxygen atoms in total. The molecule has 1 heterocycles. The summed E-state index contributed by atoms with van der Waals surface area (Å²) >= 11 is 3.45. The van der Waals surface area contributed by atoms with Crippen molar-refractivity contribution in [3.05, 3.63) is 64.1 Å². The van der Waals surface area contributed by atoms with Gasteiger partial charge in [-0.15, -0.1) is 0 Å². The van der Waals surface area contributed by atoms with Crippen molar-refractivity contribution < 1.29 is 14.3 Å². The van der Waals surface area contributed by atoms with Gasteiger partial charge in [-0.25, -0.2) is 0 Å². The van der Waals surface area contributed by atoms with E-state index in [1.807, 2.05) is 53.4 Å². The first-order chi connectivity index (χ1) is 11.2. The van der Waals surface area contributed by atoms with Crippen LogP contribution >= 0.6 is 15.9 Å². The van der Waals surface area contributed by atoms with E-state index in [9.17, 15) is 4.79 Å². The summed E-state index contributed by atoms with van der Waals surface area (Å²) in [6.07, 6.45) is -0.110. The Morgan fingerprint density at radius 2 is 1.96 bits per heavy atom. The molecule has 1 atom stereocenters. The Morgan fingerprint density at radius 3 is 2.65 bits per heavy atom. The lowest BCUT2D eigenvalue weighted by Crippen LogP contribution is -2.42. The first-order valence-electron chi connectivity index (χ1n) is 7.48. The fourth-order valence-corrected chi connectivity index (χ4v) is 3.11. The van der Waals surface area contributed by atoms with E-state index in [0.717, 1.165) is 15.8 Å². The van der Waals surface area contributed by atoms with Crippen LogP contribution in [0.1, 0.15) is 22.0 Å². The van der Waals surface area contributed by atoms with Gasteiger partial charge in [0.15, 0.2) is 0 Å². The molecular formula is C18H18BrNO3. The molecule has 0 N–H and O–H groups in total. The Labute approximate surface area is 144 Å². The fraction of sp³-hybridized carbons (Fsp3) is 0.278. The smallest absolute Gasteiger partial charge is 0.255 e. The average molecular weight is 376 g/mol. The second-order valence-electron chi connectivity index (χ2n) is 5.36. The van der Waals surface area contributed by atoms with Gasteiger partial charge in [0.2, 0.25) is 0 Å². The normalized spacial score (nSPS) is 17.8. The van der Waals surface area contributed by atoms with E-state index in [0.29, 0.717) is 25.3 Å². The van der Waals surface area contributed by atoms with Crippen LogP contribution in [0.2, 0.25) is 0 Å². The van der Waals surface area contributed by atoms with Crippen LogP contribution in [0.4, 0.5) is 0 Å². The van der Waals surface area contributed by atoms with E-state index < -0.39 is 0 Å². The number of hydrogen-bond donors (Lipinski definition) is 0. The quantitative estimate of drug-likeness (QED) is 0.821. The van der Waals surface area contributed by atoms with Crippen LogP contribution in [0.15, 0.2) is 53.0 Å². The molecule has 5 heteroatoms. The van der Waals surface area contributed by atoms with Crippen LogP contribution < -0.4 is 4.74 Å². The third-order valence-corrected chi connectivity index (χ3v) is 4.64. The Hall–Kier alpha value is -1.85. The molecule has 3 rings (SSSR count). The van der Waals surface area contributed by atoms with Crippen molar-refractivity contribution in [1.82, 2.24) is 4.90 Å². The van der Waals surface area contributed by atoms with Crippen LogP contribution in [-0.4, -0.2) is 37.6 Å². The van der Waals surface area contributed by atoms with Crippen molar-refractivity contribution in [2.75, 3.05) is 26.8 Å². The number of carbonyl (C=O) groups is 1. The first-order valence-corrected chi connectivity index (χ1v) is 8.27. The third-order valence-electron chi connectivity index (χ3n) is 3.95. The lowest BCUT2D eigenvalue weighted by atomic mass is 10.1. The summed E-state index contributed by atoms with van der Waals surface area (Å²) in [4.78, 5) is 14.6. The Balaban J connectivity index is 1.75. The lowest BCUT2D eigenvalue weighted by molar-refractivity contribution is -0.0228. The molecule has 0 aliphatic carbocycles. The average Bonchev–Trinajstić information content (AvgIpc) is 2.62. The van der Waals surface area contributed by atoms with E-state index in [2.05, 4.69) is 15.9 Å². The molecule has 1 saturated heterocycles. The van der Waals surface area contributed by atoms with Crippen LogP contribution in [0.5, 0.6) is 5.75 Å². The number of halogens is 1. The number of nitrogens with zero attached hydrogens (tertiary/aromatic N) is 1. The van der Waals surface area contributed by atoms with E-state index in [4.69, 9.17) is 9.47 Å². The summed E-state index contributed by atoms with van der Waals surface area (Å²) in [6.45, 7) is 1.69. The van der Waals surface area contributed by atoms with E-state index >= 15 is 0 Å². The third kappa shape index (κ3) is 3.57. The molecule has 1 amide bonds. The maximum atomic E-state index is 12.7. The zero-order valence-electron chi connectivity index (χ0n) is 12.9. The number of hydrogen-bond acceptors (Lipinski definition) is 3. The van der Waals surface area contributed by atoms with Gasteiger partial charge in [0.05, 0.1) is 25.8 Å². The maximum absolute atomic E-state index is 12.7.